The van der Waals surface area contributed by atoms with Crippen molar-refractivity contribution in [1.29, 1.82) is 5.26 Å². The van der Waals surface area contributed by atoms with Gasteiger partial charge in [-0.15, -0.1) is 0 Å². The fourth-order valence-electron chi connectivity index (χ4n) is 1.85. The maximum absolute atomic E-state index is 12.4. The highest BCUT2D eigenvalue weighted by atomic mass is 32.2. The zero-order chi connectivity index (χ0) is 17.3. The Bertz CT molecular complexity index is 987. The minimum atomic E-state index is -3.88. The van der Waals surface area contributed by atoms with Gasteiger partial charge in [0.25, 0.3) is 10.0 Å². The van der Waals surface area contributed by atoms with Crippen molar-refractivity contribution in [2.75, 3.05) is 11.0 Å². The van der Waals surface area contributed by atoms with Crippen LogP contribution in [0, 0.1) is 18.3 Å². The lowest BCUT2D eigenvalue weighted by Crippen LogP contribution is -2.14. The molecule has 0 spiro atoms. The number of anilines is 1. The molecule has 0 radical (unpaired) electrons. The van der Waals surface area contributed by atoms with Gasteiger partial charge in [-0.1, -0.05) is 6.07 Å². The molecule has 0 aromatic heterocycles. The molecule has 120 valence electrons. The number of sulfonamides is 1. The number of benzene rings is 2. The van der Waals surface area contributed by atoms with Crippen LogP contribution in [0.3, 0.4) is 0 Å². The highest BCUT2D eigenvalue weighted by Crippen LogP contribution is 2.23. The molecule has 0 bridgehead atoms. The minimum Gasteiger partial charge on any atom is -0.279 e. The molecule has 0 unspecified atom stereocenters. The van der Waals surface area contributed by atoms with Gasteiger partial charge >= 0.3 is 0 Å². The quantitative estimate of drug-likeness (QED) is 0.909. The van der Waals surface area contributed by atoms with Crippen LogP contribution in [0.2, 0.25) is 0 Å². The van der Waals surface area contributed by atoms with Crippen molar-refractivity contribution in [3.05, 3.63) is 53.6 Å². The Hall–Kier alpha value is -2.37. The molecule has 1 N–H and O–H groups in total. The van der Waals surface area contributed by atoms with Gasteiger partial charge in [0, 0.05) is 6.26 Å². The molecule has 0 aliphatic rings. The summed E-state index contributed by atoms with van der Waals surface area (Å²) in [6.45, 7) is 1.67. The summed E-state index contributed by atoms with van der Waals surface area (Å²) in [6, 6.07) is 11.6. The van der Waals surface area contributed by atoms with Crippen molar-refractivity contribution < 1.29 is 16.8 Å². The van der Waals surface area contributed by atoms with E-state index in [0.717, 1.165) is 6.26 Å². The number of hydrogen-bond acceptors (Lipinski definition) is 5. The molecule has 0 aliphatic heterocycles. The van der Waals surface area contributed by atoms with Crippen LogP contribution in [-0.4, -0.2) is 23.1 Å². The lowest BCUT2D eigenvalue weighted by atomic mass is 10.2. The van der Waals surface area contributed by atoms with E-state index >= 15 is 0 Å². The summed E-state index contributed by atoms with van der Waals surface area (Å²) in [6.07, 6.45) is 1.05. The van der Waals surface area contributed by atoms with E-state index in [0.29, 0.717) is 11.1 Å². The van der Waals surface area contributed by atoms with E-state index in [1.54, 1.807) is 6.92 Å². The number of rotatable bonds is 4. The molecule has 2 aromatic carbocycles. The number of aryl methyl sites for hydroxylation is 1. The molecule has 23 heavy (non-hydrogen) atoms. The summed E-state index contributed by atoms with van der Waals surface area (Å²) >= 11 is 0. The summed E-state index contributed by atoms with van der Waals surface area (Å²) in [5.74, 6) is 0. The first kappa shape index (κ1) is 17.0. The topological polar surface area (TPSA) is 104 Å². The Kier molecular flexibility index (Phi) is 4.45. The van der Waals surface area contributed by atoms with Crippen LogP contribution < -0.4 is 4.72 Å². The van der Waals surface area contributed by atoms with Crippen LogP contribution in [0.4, 0.5) is 5.69 Å². The number of sulfone groups is 1. The zero-order valence-electron chi connectivity index (χ0n) is 12.4. The fraction of sp³-hybridized carbons (Fsp3) is 0.133. The summed E-state index contributed by atoms with van der Waals surface area (Å²) in [5, 5.41) is 8.74. The van der Waals surface area contributed by atoms with Crippen LogP contribution in [0.15, 0.2) is 52.3 Å². The monoisotopic (exact) mass is 350 g/mol. The van der Waals surface area contributed by atoms with Gasteiger partial charge in [-0.05, 0) is 48.9 Å². The molecule has 2 rings (SSSR count). The first-order chi connectivity index (χ1) is 10.6. The normalized spacial score (nSPS) is 11.7. The predicted molar refractivity (Wildman–Crippen MR) is 86.3 cm³/mol. The molecule has 0 atom stereocenters. The molecule has 8 heteroatoms. The van der Waals surface area contributed by atoms with Gasteiger partial charge in [-0.3, -0.25) is 4.72 Å². The zero-order valence-corrected chi connectivity index (χ0v) is 14.1. The third kappa shape index (κ3) is 3.88. The van der Waals surface area contributed by atoms with Gasteiger partial charge < -0.3 is 0 Å². The number of nitrogens with one attached hydrogen (secondary N) is 1. The third-order valence-electron chi connectivity index (χ3n) is 3.18. The third-order valence-corrected chi connectivity index (χ3v) is 5.67. The van der Waals surface area contributed by atoms with E-state index in [-0.39, 0.29) is 15.5 Å². The van der Waals surface area contributed by atoms with E-state index < -0.39 is 19.9 Å². The van der Waals surface area contributed by atoms with E-state index in [9.17, 15) is 16.8 Å². The maximum atomic E-state index is 12.4. The fourth-order valence-corrected chi connectivity index (χ4v) is 3.62. The lowest BCUT2D eigenvalue weighted by Gasteiger charge is -2.12. The van der Waals surface area contributed by atoms with E-state index in [4.69, 9.17) is 5.26 Å². The second-order valence-corrected chi connectivity index (χ2v) is 8.69. The molecule has 0 saturated carbocycles. The van der Waals surface area contributed by atoms with Gasteiger partial charge in [-0.25, -0.2) is 16.8 Å². The minimum absolute atomic E-state index is 0.0133. The van der Waals surface area contributed by atoms with Crippen molar-refractivity contribution in [2.45, 2.75) is 16.7 Å². The van der Waals surface area contributed by atoms with Crippen molar-refractivity contribution in [3.8, 4) is 6.07 Å². The molecule has 0 aliphatic carbocycles. The first-order valence-corrected chi connectivity index (χ1v) is 9.84. The number of nitriles is 1. The van der Waals surface area contributed by atoms with Gasteiger partial charge in [0.05, 0.1) is 27.1 Å². The standard InChI is InChI=1S/C15H14N2O4S2/c1-11-3-6-14(22(2,18)19)9-15(11)17-23(20,21)13-7-4-12(10-16)5-8-13/h3-9,17H,1-2H3. The van der Waals surface area contributed by atoms with Crippen molar-refractivity contribution in [2.24, 2.45) is 0 Å². The Balaban J connectivity index is 2.42. The van der Waals surface area contributed by atoms with E-state index in [1.165, 1.54) is 42.5 Å². The second kappa shape index (κ2) is 6.02. The summed E-state index contributed by atoms with van der Waals surface area (Å²) in [4.78, 5) is 0.0151. The second-order valence-electron chi connectivity index (χ2n) is 4.99. The Labute approximate surface area is 135 Å². The smallest absolute Gasteiger partial charge is 0.261 e. The van der Waals surface area contributed by atoms with Gasteiger partial charge in [-0.2, -0.15) is 5.26 Å². The molecule has 0 amide bonds. The molecular weight excluding hydrogens is 336 g/mol. The molecule has 0 heterocycles. The van der Waals surface area contributed by atoms with Crippen molar-refractivity contribution in [1.82, 2.24) is 0 Å². The van der Waals surface area contributed by atoms with E-state index in [1.807, 2.05) is 6.07 Å². The average Bonchev–Trinajstić information content (AvgIpc) is 2.48. The summed E-state index contributed by atoms with van der Waals surface area (Å²) in [7, 11) is -7.32. The maximum Gasteiger partial charge on any atom is 0.261 e. The molecule has 0 fully saturated rings. The van der Waals surface area contributed by atoms with Crippen LogP contribution in [0.1, 0.15) is 11.1 Å². The molecule has 2 aromatic rings. The van der Waals surface area contributed by atoms with Crippen molar-refractivity contribution in [3.63, 3.8) is 0 Å². The van der Waals surface area contributed by atoms with Crippen LogP contribution in [0.25, 0.3) is 0 Å². The van der Waals surface area contributed by atoms with Gasteiger partial charge in [0.1, 0.15) is 0 Å². The van der Waals surface area contributed by atoms with Gasteiger partial charge in [0.15, 0.2) is 9.84 Å². The lowest BCUT2D eigenvalue weighted by molar-refractivity contribution is 0.599. The molecule has 6 nitrogen and oxygen atoms in total. The van der Waals surface area contributed by atoms with E-state index in [2.05, 4.69) is 4.72 Å². The highest BCUT2D eigenvalue weighted by Gasteiger charge is 2.17. The predicted octanol–water partition coefficient (Wildman–Crippen LogP) is 2.07. The first-order valence-electron chi connectivity index (χ1n) is 6.47. The van der Waals surface area contributed by atoms with Crippen LogP contribution >= 0.6 is 0 Å². The SMILES string of the molecule is Cc1ccc(S(C)(=O)=O)cc1NS(=O)(=O)c1ccc(C#N)cc1. The van der Waals surface area contributed by atoms with Crippen LogP contribution in [-0.2, 0) is 19.9 Å². The van der Waals surface area contributed by atoms with Crippen LogP contribution in [0.5, 0.6) is 0 Å². The molecule has 0 saturated heterocycles. The average molecular weight is 350 g/mol. The Morgan fingerprint density at radius 3 is 2.04 bits per heavy atom. The summed E-state index contributed by atoms with van der Waals surface area (Å²) in [5.41, 5.74) is 1.13. The number of hydrogen-bond donors (Lipinski definition) is 1. The Morgan fingerprint density at radius 2 is 1.52 bits per heavy atom. The van der Waals surface area contributed by atoms with Gasteiger partial charge in [0.2, 0.25) is 0 Å². The van der Waals surface area contributed by atoms with Crippen molar-refractivity contribution >= 4 is 25.5 Å². The largest absolute Gasteiger partial charge is 0.279 e. The number of nitrogens with zero attached hydrogens (tertiary/aromatic N) is 1. The molecular formula is C15H14N2O4S2. The summed E-state index contributed by atoms with van der Waals surface area (Å²) < 4.78 is 50.3. The highest BCUT2D eigenvalue weighted by molar-refractivity contribution is 7.92. The Morgan fingerprint density at radius 1 is 0.957 bits per heavy atom.